The van der Waals surface area contributed by atoms with E-state index in [4.69, 9.17) is 5.84 Å². The fourth-order valence-electron chi connectivity index (χ4n) is 4.01. The second-order valence-corrected chi connectivity index (χ2v) is 7.92. The van der Waals surface area contributed by atoms with Gasteiger partial charge in [-0.25, -0.2) is 0 Å². The summed E-state index contributed by atoms with van der Waals surface area (Å²) in [6.45, 7) is 6.36. The summed E-state index contributed by atoms with van der Waals surface area (Å²) in [5.74, 6) is 5.37. The quantitative estimate of drug-likeness (QED) is 0.234. The summed E-state index contributed by atoms with van der Waals surface area (Å²) < 4.78 is 0. The third-order valence-electron chi connectivity index (χ3n) is 5.43. The van der Waals surface area contributed by atoms with E-state index in [1.165, 1.54) is 0 Å². The second-order valence-electron chi connectivity index (χ2n) is 7.92. The number of benzene rings is 1. The number of amides is 1. The van der Waals surface area contributed by atoms with Crippen molar-refractivity contribution in [1.29, 1.82) is 0 Å². The Morgan fingerprint density at radius 3 is 2.69 bits per heavy atom. The molecule has 0 saturated carbocycles. The molecule has 1 amide bonds. The summed E-state index contributed by atoms with van der Waals surface area (Å²) in [6, 6.07) is 6.04. The average Bonchev–Trinajstić information content (AvgIpc) is 2.97. The van der Waals surface area contributed by atoms with Crippen LogP contribution in [-0.4, -0.2) is 43.2 Å². The Hall–Kier alpha value is -3.49. The van der Waals surface area contributed by atoms with Gasteiger partial charge in [0.05, 0.1) is 0 Å². The zero-order valence-electron chi connectivity index (χ0n) is 18.7. The largest absolute Gasteiger partial charge is 0.387 e. The molecule has 9 nitrogen and oxygen atoms in total. The lowest BCUT2D eigenvalue weighted by Gasteiger charge is -2.23. The molecule has 0 aliphatic carbocycles. The molecule has 2 heterocycles. The van der Waals surface area contributed by atoms with Gasteiger partial charge in [0, 0.05) is 43.5 Å². The van der Waals surface area contributed by atoms with E-state index in [2.05, 4.69) is 40.0 Å². The number of fused-ring (bicyclic) bond motifs is 1. The van der Waals surface area contributed by atoms with Crippen molar-refractivity contribution in [3.05, 3.63) is 57.7 Å². The van der Waals surface area contributed by atoms with Gasteiger partial charge >= 0.3 is 0 Å². The van der Waals surface area contributed by atoms with Gasteiger partial charge in [0.1, 0.15) is 12.7 Å². The van der Waals surface area contributed by atoms with Crippen LogP contribution in [0.5, 0.6) is 0 Å². The maximum Gasteiger partial charge on any atom is 0.249 e. The molecule has 0 bridgehead atoms. The number of carbonyl (C=O) groups excluding carboxylic acids is 1. The highest BCUT2D eigenvalue weighted by Crippen LogP contribution is 2.31. The van der Waals surface area contributed by atoms with Crippen LogP contribution < -0.4 is 16.5 Å². The highest BCUT2D eigenvalue weighted by atomic mass is 16.3. The molecule has 1 atom stereocenters. The van der Waals surface area contributed by atoms with E-state index in [0.717, 1.165) is 53.9 Å². The molecule has 170 valence electrons. The van der Waals surface area contributed by atoms with E-state index in [9.17, 15) is 9.70 Å². The Labute approximate surface area is 188 Å². The summed E-state index contributed by atoms with van der Waals surface area (Å²) in [6.07, 6.45) is 7.49. The van der Waals surface area contributed by atoms with Crippen LogP contribution in [0.25, 0.3) is 11.6 Å². The minimum Gasteiger partial charge on any atom is -0.387 e. The van der Waals surface area contributed by atoms with Crippen LogP contribution in [0.1, 0.15) is 44.2 Å². The molecular formula is C23H31N7O2. The lowest BCUT2D eigenvalue weighted by atomic mass is 9.98. The van der Waals surface area contributed by atoms with Gasteiger partial charge in [-0.15, -0.1) is 5.11 Å². The first-order valence-electron chi connectivity index (χ1n) is 11.0. The molecule has 4 N–H and O–H groups in total. The monoisotopic (exact) mass is 437 g/mol. The Kier molecular flexibility index (Phi) is 8.13. The SMILES string of the molecule is CCCN(CCC)C(=O)C1=Cc2ccc(C3=CC(CN=O)=CNC3)cc2NC(N=NN)C1. The van der Waals surface area contributed by atoms with Crippen molar-refractivity contribution >= 4 is 23.2 Å². The molecule has 9 heteroatoms. The van der Waals surface area contributed by atoms with Crippen LogP contribution in [0.3, 0.4) is 0 Å². The smallest absolute Gasteiger partial charge is 0.249 e. The molecule has 3 rings (SSSR count). The predicted molar refractivity (Wildman–Crippen MR) is 127 cm³/mol. The van der Waals surface area contributed by atoms with Gasteiger partial charge in [0.2, 0.25) is 5.91 Å². The van der Waals surface area contributed by atoms with Gasteiger partial charge in [0.15, 0.2) is 0 Å². The van der Waals surface area contributed by atoms with Gasteiger partial charge in [0.25, 0.3) is 0 Å². The molecule has 0 spiro atoms. The zero-order valence-corrected chi connectivity index (χ0v) is 18.7. The van der Waals surface area contributed by atoms with Crippen molar-refractivity contribution in [2.75, 3.05) is 31.5 Å². The standard InChI is InChI=1S/C23H31N7O2/c1-3-7-30(8-4-2)23(31)19-10-18-6-5-17(11-21(18)27-22(12-19)28-29-24)20-9-16(14-26-32)13-25-15-20/h5-6,9-11,13,22,25,27H,3-4,7-8,12,14-15H2,1-2H3,(H2,24,28). The van der Waals surface area contributed by atoms with Crippen molar-refractivity contribution in [3.8, 4) is 0 Å². The normalized spacial score (nSPS) is 17.8. The van der Waals surface area contributed by atoms with E-state index >= 15 is 0 Å². The van der Waals surface area contributed by atoms with Gasteiger partial charge in [-0.3, -0.25) is 4.79 Å². The van der Waals surface area contributed by atoms with Gasteiger partial charge in [-0.1, -0.05) is 36.4 Å². The van der Waals surface area contributed by atoms with Crippen molar-refractivity contribution in [3.63, 3.8) is 0 Å². The fourth-order valence-corrected chi connectivity index (χ4v) is 4.01. The van der Waals surface area contributed by atoms with Gasteiger partial charge in [-0.2, -0.15) is 4.91 Å². The van der Waals surface area contributed by atoms with E-state index in [1.807, 2.05) is 41.5 Å². The maximum absolute atomic E-state index is 13.3. The first-order chi connectivity index (χ1) is 15.6. The second kappa shape index (κ2) is 11.2. The number of carbonyl (C=O) groups is 1. The summed E-state index contributed by atoms with van der Waals surface area (Å²) >= 11 is 0. The van der Waals surface area contributed by atoms with E-state index < -0.39 is 6.17 Å². The molecule has 0 fully saturated rings. The number of anilines is 1. The van der Waals surface area contributed by atoms with Crippen LogP contribution >= 0.6 is 0 Å². The highest BCUT2D eigenvalue weighted by molar-refractivity contribution is 5.99. The first-order valence-corrected chi connectivity index (χ1v) is 11.0. The Morgan fingerprint density at radius 1 is 1.22 bits per heavy atom. The van der Waals surface area contributed by atoms with E-state index in [0.29, 0.717) is 18.5 Å². The molecule has 0 aromatic heterocycles. The van der Waals surface area contributed by atoms with E-state index in [-0.39, 0.29) is 12.5 Å². The summed E-state index contributed by atoms with van der Waals surface area (Å²) in [4.78, 5) is 25.8. The molecule has 1 aromatic carbocycles. The summed E-state index contributed by atoms with van der Waals surface area (Å²) in [7, 11) is 0. The number of rotatable bonds is 9. The Balaban J connectivity index is 1.96. The maximum atomic E-state index is 13.3. The number of nitrogens with two attached hydrogens (primary N) is 1. The topological polar surface area (TPSA) is 125 Å². The van der Waals surface area contributed by atoms with Crippen molar-refractivity contribution in [1.82, 2.24) is 10.2 Å². The molecule has 32 heavy (non-hydrogen) atoms. The lowest BCUT2D eigenvalue weighted by Crippen LogP contribution is -2.34. The zero-order chi connectivity index (χ0) is 22.9. The number of hydrogen-bond acceptors (Lipinski definition) is 7. The van der Waals surface area contributed by atoms with Gasteiger partial charge in [-0.05, 0) is 53.3 Å². The first kappa shape index (κ1) is 23.2. The van der Waals surface area contributed by atoms with Crippen LogP contribution in [0.2, 0.25) is 0 Å². The number of dihydropyridines is 1. The number of hydrogen-bond donors (Lipinski definition) is 3. The number of nitrogens with one attached hydrogen (secondary N) is 2. The van der Waals surface area contributed by atoms with Crippen LogP contribution in [0, 0.1) is 4.91 Å². The van der Waals surface area contributed by atoms with Crippen molar-refractivity contribution in [2.45, 2.75) is 39.3 Å². The van der Waals surface area contributed by atoms with Crippen LogP contribution in [0.15, 0.2) is 57.1 Å². The fraction of sp³-hybridized carbons (Fsp3) is 0.435. The van der Waals surface area contributed by atoms with Crippen molar-refractivity contribution in [2.24, 2.45) is 21.4 Å². The summed E-state index contributed by atoms with van der Waals surface area (Å²) in [5, 5.41) is 17.1. The minimum absolute atomic E-state index is 0.0278. The predicted octanol–water partition coefficient (Wildman–Crippen LogP) is 3.82. The van der Waals surface area contributed by atoms with Crippen LogP contribution in [0.4, 0.5) is 5.69 Å². The molecule has 0 radical (unpaired) electrons. The molecular weight excluding hydrogens is 406 g/mol. The van der Waals surface area contributed by atoms with Crippen LogP contribution in [-0.2, 0) is 4.79 Å². The average molecular weight is 438 g/mol. The summed E-state index contributed by atoms with van der Waals surface area (Å²) in [5.41, 5.74) is 5.34. The number of nitrogens with zero attached hydrogens (tertiary/aromatic N) is 4. The molecule has 1 aromatic rings. The highest BCUT2D eigenvalue weighted by Gasteiger charge is 2.25. The Bertz CT molecular complexity index is 959. The lowest BCUT2D eigenvalue weighted by molar-refractivity contribution is -0.127. The van der Waals surface area contributed by atoms with Gasteiger partial charge < -0.3 is 21.4 Å². The minimum atomic E-state index is -0.440. The third-order valence-corrected chi connectivity index (χ3v) is 5.43. The van der Waals surface area contributed by atoms with E-state index in [1.54, 1.807) is 0 Å². The Morgan fingerprint density at radius 2 is 2.00 bits per heavy atom. The van der Waals surface area contributed by atoms with Crippen molar-refractivity contribution < 1.29 is 4.79 Å². The molecule has 1 unspecified atom stereocenters. The third kappa shape index (κ3) is 5.60. The molecule has 0 saturated heterocycles. The molecule has 2 aliphatic heterocycles. The number of nitroso groups, excluding NO2 is 1. The molecule has 2 aliphatic rings.